The van der Waals surface area contributed by atoms with Crippen LogP contribution in [0.5, 0.6) is 6.01 Å². The van der Waals surface area contributed by atoms with Crippen LogP contribution in [-0.4, -0.2) is 64.9 Å². The van der Waals surface area contributed by atoms with Crippen molar-refractivity contribution in [2.45, 2.75) is 18.9 Å². The summed E-state index contributed by atoms with van der Waals surface area (Å²) in [6, 6.07) is 12.4. The minimum absolute atomic E-state index is 0.0623. The summed E-state index contributed by atoms with van der Waals surface area (Å²) in [7, 11) is -0.535. The van der Waals surface area contributed by atoms with E-state index >= 15 is 0 Å². The molecular formula is C20H22ClN5O4S2. The van der Waals surface area contributed by atoms with Gasteiger partial charge in [-0.15, -0.1) is 21.1 Å². The maximum absolute atomic E-state index is 13.1. The minimum atomic E-state index is -3.53. The lowest BCUT2D eigenvalue weighted by molar-refractivity contribution is 0.0926. The summed E-state index contributed by atoms with van der Waals surface area (Å²) in [5, 5.41) is 4.42. The van der Waals surface area contributed by atoms with Crippen molar-refractivity contribution in [3.8, 4) is 6.01 Å². The van der Waals surface area contributed by atoms with Crippen molar-refractivity contribution in [3.63, 3.8) is 0 Å². The van der Waals surface area contributed by atoms with Gasteiger partial charge < -0.3 is 4.74 Å². The second-order valence-electron chi connectivity index (χ2n) is 7.46. The van der Waals surface area contributed by atoms with Crippen molar-refractivity contribution in [2.24, 2.45) is 0 Å². The first-order valence-electron chi connectivity index (χ1n) is 9.87. The number of rotatable bonds is 7. The molecule has 0 aliphatic carbocycles. The van der Waals surface area contributed by atoms with Crippen LogP contribution in [0.2, 0.25) is 4.34 Å². The van der Waals surface area contributed by atoms with Gasteiger partial charge in [0.25, 0.3) is 16.1 Å². The van der Waals surface area contributed by atoms with E-state index in [1.165, 1.54) is 34.0 Å². The Balaban J connectivity index is 1.61. The van der Waals surface area contributed by atoms with E-state index in [1.54, 1.807) is 30.3 Å². The summed E-state index contributed by atoms with van der Waals surface area (Å²) < 4.78 is 35.1. The number of thiophene rings is 1. The monoisotopic (exact) mass is 495 g/mol. The van der Waals surface area contributed by atoms with E-state index in [0.29, 0.717) is 28.7 Å². The molecule has 0 N–H and O–H groups in total. The number of hydrogen-bond acceptors (Lipinski definition) is 7. The zero-order valence-corrected chi connectivity index (χ0v) is 19.9. The van der Waals surface area contributed by atoms with Crippen molar-refractivity contribution in [3.05, 3.63) is 63.1 Å². The zero-order valence-electron chi connectivity index (χ0n) is 17.5. The highest BCUT2D eigenvalue weighted by atomic mass is 35.5. The normalized spacial score (nSPS) is 17.2. The lowest BCUT2D eigenvalue weighted by Crippen LogP contribution is -2.38. The molecule has 1 fully saturated rings. The van der Waals surface area contributed by atoms with Crippen LogP contribution in [0.25, 0.3) is 0 Å². The molecule has 1 unspecified atom stereocenters. The lowest BCUT2D eigenvalue weighted by Gasteiger charge is -2.20. The van der Waals surface area contributed by atoms with Crippen LogP contribution >= 0.6 is 22.9 Å². The second kappa shape index (κ2) is 9.28. The highest BCUT2D eigenvalue weighted by Crippen LogP contribution is 2.29. The van der Waals surface area contributed by atoms with Gasteiger partial charge >= 0.3 is 6.01 Å². The number of hydrogen-bond donors (Lipinski definition) is 0. The standard InChI is InChI=1S/C20H22ClN5O4S2/c1-24(2)32(28,29)25-11-10-15(12-25)18-22-20(30-13-16-8-9-17(21)31-16)26(23-18)19(27)14-6-4-3-5-7-14/h3-9,15H,10-13H2,1-2H3. The maximum Gasteiger partial charge on any atom is 0.323 e. The number of carbonyl (C=O) groups excluding carboxylic acids is 1. The van der Waals surface area contributed by atoms with Gasteiger partial charge in [-0.25, -0.2) is 0 Å². The van der Waals surface area contributed by atoms with Crippen LogP contribution < -0.4 is 4.74 Å². The van der Waals surface area contributed by atoms with Crippen molar-refractivity contribution in [2.75, 3.05) is 27.2 Å². The summed E-state index contributed by atoms with van der Waals surface area (Å²) in [6.07, 6.45) is 0.552. The number of halogens is 1. The highest BCUT2D eigenvalue weighted by Gasteiger charge is 2.36. The highest BCUT2D eigenvalue weighted by molar-refractivity contribution is 7.86. The van der Waals surface area contributed by atoms with Crippen LogP contribution in [0.4, 0.5) is 0 Å². The third-order valence-corrected chi connectivity index (χ3v) is 8.19. The molecule has 0 bridgehead atoms. The van der Waals surface area contributed by atoms with Gasteiger partial charge in [-0.1, -0.05) is 29.8 Å². The SMILES string of the molecule is CN(C)S(=O)(=O)N1CCC(c2nc(OCc3ccc(Cl)s3)n(C(=O)c3ccccc3)n2)C1. The van der Waals surface area contributed by atoms with Crippen molar-refractivity contribution >= 4 is 39.1 Å². The molecule has 2 aromatic heterocycles. The molecule has 12 heteroatoms. The molecule has 1 aliphatic rings. The Morgan fingerprint density at radius 2 is 2.00 bits per heavy atom. The molecular weight excluding hydrogens is 474 g/mol. The molecule has 9 nitrogen and oxygen atoms in total. The quantitative estimate of drug-likeness (QED) is 0.500. The Morgan fingerprint density at radius 1 is 1.25 bits per heavy atom. The number of carbonyl (C=O) groups is 1. The molecule has 4 rings (SSSR count). The van der Waals surface area contributed by atoms with Gasteiger partial charge in [0, 0.05) is 43.5 Å². The van der Waals surface area contributed by atoms with Crippen LogP contribution in [0, 0.1) is 0 Å². The molecule has 170 valence electrons. The lowest BCUT2D eigenvalue weighted by atomic mass is 10.1. The molecule has 32 heavy (non-hydrogen) atoms. The molecule has 1 aliphatic heterocycles. The fourth-order valence-corrected chi connectivity index (χ4v) is 5.53. The number of nitrogens with zero attached hydrogens (tertiary/aromatic N) is 5. The van der Waals surface area contributed by atoms with Crippen LogP contribution in [0.15, 0.2) is 42.5 Å². The van der Waals surface area contributed by atoms with Crippen molar-refractivity contribution in [1.82, 2.24) is 23.4 Å². The Kier molecular flexibility index (Phi) is 6.63. The summed E-state index contributed by atoms with van der Waals surface area (Å²) >= 11 is 7.36. The molecule has 1 atom stereocenters. The Labute approximate surface area is 195 Å². The van der Waals surface area contributed by atoms with Gasteiger partial charge in [-0.3, -0.25) is 4.79 Å². The van der Waals surface area contributed by atoms with E-state index in [1.807, 2.05) is 12.1 Å². The molecule has 0 amide bonds. The van der Waals surface area contributed by atoms with Gasteiger partial charge in [0.2, 0.25) is 0 Å². The van der Waals surface area contributed by atoms with E-state index in [-0.39, 0.29) is 31.0 Å². The average Bonchev–Trinajstić information content (AvgIpc) is 3.51. The Hall–Kier alpha value is -2.31. The van der Waals surface area contributed by atoms with Crippen molar-refractivity contribution < 1.29 is 17.9 Å². The fraction of sp³-hybridized carbons (Fsp3) is 0.350. The summed E-state index contributed by atoms with van der Waals surface area (Å²) in [4.78, 5) is 18.4. The Morgan fingerprint density at radius 3 is 2.66 bits per heavy atom. The van der Waals surface area contributed by atoms with Crippen LogP contribution in [0.1, 0.15) is 33.4 Å². The van der Waals surface area contributed by atoms with Crippen molar-refractivity contribution in [1.29, 1.82) is 0 Å². The van der Waals surface area contributed by atoms with Gasteiger partial charge in [0.15, 0.2) is 5.82 Å². The van der Waals surface area contributed by atoms with E-state index in [2.05, 4.69) is 10.1 Å². The third kappa shape index (κ3) is 4.71. The predicted molar refractivity (Wildman–Crippen MR) is 121 cm³/mol. The fourth-order valence-electron chi connectivity index (χ4n) is 3.36. The molecule has 1 saturated heterocycles. The van der Waals surface area contributed by atoms with E-state index in [9.17, 15) is 13.2 Å². The topological polar surface area (TPSA) is 97.6 Å². The first-order chi connectivity index (χ1) is 15.3. The molecule has 1 aromatic carbocycles. The number of benzene rings is 1. The largest absolute Gasteiger partial charge is 0.458 e. The summed E-state index contributed by atoms with van der Waals surface area (Å²) in [6.45, 7) is 0.781. The van der Waals surface area contributed by atoms with Gasteiger partial charge in [0.1, 0.15) is 6.61 Å². The van der Waals surface area contributed by atoms with Crippen LogP contribution in [0.3, 0.4) is 0 Å². The molecule has 0 saturated carbocycles. The average molecular weight is 496 g/mol. The van der Waals surface area contributed by atoms with Crippen LogP contribution in [-0.2, 0) is 16.8 Å². The molecule has 0 radical (unpaired) electrons. The number of ether oxygens (including phenoxy) is 1. The zero-order chi connectivity index (χ0) is 22.9. The molecule has 3 aromatic rings. The minimum Gasteiger partial charge on any atom is -0.458 e. The molecule has 0 spiro atoms. The number of aromatic nitrogens is 3. The van der Waals surface area contributed by atoms with Gasteiger partial charge in [-0.2, -0.15) is 22.0 Å². The van der Waals surface area contributed by atoms with E-state index < -0.39 is 10.2 Å². The maximum atomic E-state index is 13.1. The first kappa shape index (κ1) is 22.9. The van der Waals surface area contributed by atoms with E-state index in [4.69, 9.17) is 16.3 Å². The van der Waals surface area contributed by atoms with Gasteiger partial charge in [0.05, 0.1) is 4.34 Å². The Bertz CT molecular complexity index is 1210. The second-order valence-corrected chi connectivity index (χ2v) is 11.4. The summed E-state index contributed by atoms with van der Waals surface area (Å²) in [5.74, 6) is -0.239. The summed E-state index contributed by atoms with van der Waals surface area (Å²) in [5.41, 5.74) is 0.441. The smallest absolute Gasteiger partial charge is 0.323 e. The van der Waals surface area contributed by atoms with E-state index in [0.717, 1.165) is 9.56 Å². The molecule has 3 heterocycles. The predicted octanol–water partition coefficient (Wildman–Crippen LogP) is 2.86. The third-order valence-electron chi connectivity index (χ3n) is 5.08. The first-order valence-corrected chi connectivity index (χ1v) is 12.5. The van der Waals surface area contributed by atoms with Gasteiger partial charge in [-0.05, 0) is 30.7 Å².